The highest BCUT2D eigenvalue weighted by molar-refractivity contribution is 7.86. The minimum absolute atomic E-state index is 0.0763. The van der Waals surface area contributed by atoms with Gasteiger partial charge < -0.3 is 9.92 Å². The summed E-state index contributed by atoms with van der Waals surface area (Å²) in [5.74, 6) is -0.815. The quantitative estimate of drug-likeness (QED) is 0.536. The van der Waals surface area contributed by atoms with Crippen molar-refractivity contribution in [2.75, 3.05) is 12.8 Å². The van der Waals surface area contributed by atoms with Crippen molar-refractivity contribution in [1.29, 1.82) is 0 Å². The van der Waals surface area contributed by atoms with Gasteiger partial charge >= 0.3 is 16.1 Å². The van der Waals surface area contributed by atoms with Crippen LogP contribution in [0.3, 0.4) is 0 Å². The summed E-state index contributed by atoms with van der Waals surface area (Å²) < 4.78 is 24.4. The van der Waals surface area contributed by atoms with E-state index in [0.29, 0.717) is 0 Å². The van der Waals surface area contributed by atoms with Crippen molar-refractivity contribution >= 4 is 16.1 Å². The van der Waals surface area contributed by atoms with E-state index >= 15 is 0 Å². The van der Waals surface area contributed by atoms with E-state index in [4.69, 9.17) is 5.73 Å². The Hall–Kier alpha value is -0.620. The average Bonchev–Trinajstić information content (AvgIpc) is 1.59. The molecule has 0 heterocycles. The molecule has 0 aliphatic carbocycles. The molecule has 0 aromatic heterocycles. The highest BCUT2D eigenvalue weighted by Crippen LogP contribution is 1.90. The molecule has 0 aliphatic heterocycles. The van der Waals surface area contributed by atoms with Crippen molar-refractivity contribution in [1.82, 2.24) is 0 Å². The first-order valence-corrected chi connectivity index (χ1v) is 4.39. The second-order valence-corrected chi connectivity index (χ2v) is 3.27. The molecule has 2 N–H and O–H groups in total. The van der Waals surface area contributed by atoms with E-state index in [0.717, 1.165) is 6.26 Å². The van der Waals surface area contributed by atoms with Crippen LogP contribution in [0.4, 0.5) is 0 Å². The van der Waals surface area contributed by atoms with Gasteiger partial charge in [-0.25, -0.2) is 0 Å². The Morgan fingerprint density at radius 2 is 2.10 bits per heavy atom. The number of nitrogens with two attached hydrogens (primary N) is 1. The van der Waals surface area contributed by atoms with E-state index in [9.17, 15) is 13.2 Å². The first-order valence-electron chi connectivity index (χ1n) is 2.58. The smallest absolute Gasteiger partial charge is 0.323 e. The summed E-state index contributed by atoms with van der Waals surface area (Å²) in [4.78, 5) is 10.4. The number of hydrogen-bond acceptors (Lipinski definition) is 5. The Morgan fingerprint density at radius 1 is 1.60 bits per heavy atom. The van der Waals surface area contributed by atoms with Crippen LogP contribution in [-0.2, 0) is 19.1 Å². The molecule has 0 radical (unpaired) electrons. The lowest BCUT2D eigenvalue weighted by atomic mass is 10.5. The van der Waals surface area contributed by atoms with Crippen LogP contribution in [0.15, 0.2) is 0 Å². The summed E-state index contributed by atoms with van der Waals surface area (Å²) in [5.41, 5.74) is 4.95. The highest BCUT2D eigenvalue weighted by Gasteiger charge is 2.08. The Kier molecular flexibility index (Phi) is 3.31. The van der Waals surface area contributed by atoms with Crippen molar-refractivity contribution in [2.24, 2.45) is 5.73 Å². The van der Waals surface area contributed by atoms with Crippen LogP contribution in [0.2, 0.25) is 0 Å². The lowest BCUT2D eigenvalue weighted by Gasteiger charge is -1.97. The summed E-state index contributed by atoms with van der Waals surface area (Å²) in [7, 11) is -3.65. The lowest BCUT2D eigenvalue weighted by molar-refractivity contribution is -0.133. The zero-order valence-electron chi connectivity index (χ0n) is 5.53. The molecule has 0 amide bonds. The molecular formula is C4H9NO4S. The van der Waals surface area contributed by atoms with Crippen molar-refractivity contribution in [3.05, 3.63) is 0 Å². The third-order valence-electron chi connectivity index (χ3n) is 0.593. The Labute approximate surface area is 59.3 Å². The standard InChI is InChI=1S/C4H9NO4S/c1-10(7,8)9-4(6)2-3-5/h2-3,5H2,1H3. The van der Waals surface area contributed by atoms with Gasteiger partial charge in [0.25, 0.3) is 0 Å². The zero-order chi connectivity index (χ0) is 8.20. The van der Waals surface area contributed by atoms with Gasteiger partial charge in [-0.05, 0) is 0 Å². The molecule has 0 aromatic carbocycles. The van der Waals surface area contributed by atoms with Crippen molar-refractivity contribution < 1.29 is 17.4 Å². The predicted octanol–water partition coefficient (Wildman–Crippen LogP) is -1.16. The van der Waals surface area contributed by atoms with Crippen molar-refractivity contribution in [3.63, 3.8) is 0 Å². The number of carbonyl (C=O) groups is 1. The molecule has 0 saturated heterocycles. The summed E-state index contributed by atoms with van der Waals surface area (Å²) in [6.07, 6.45) is 0.731. The van der Waals surface area contributed by atoms with Crippen LogP contribution in [0.1, 0.15) is 6.42 Å². The summed E-state index contributed by atoms with van der Waals surface area (Å²) >= 11 is 0. The van der Waals surface area contributed by atoms with E-state index in [-0.39, 0.29) is 13.0 Å². The van der Waals surface area contributed by atoms with E-state index in [1.54, 1.807) is 0 Å². The molecule has 5 nitrogen and oxygen atoms in total. The van der Waals surface area contributed by atoms with E-state index in [1.807, 2.05) is 0 Å². The fourth-order valence-corrected chi connectivity index (χ4v) is 0.749. The van der Waals surface area contributed by atoms with Crippen molar-refractivity contribution in [3.8, 4) is 0 Å². The molecule has 0 atom stereocenters. The molecule has 0 unspecified atom stereocenters. The second-order valence-electron chi connectivity index (χ2n) is 1.70. The van der Waals surface area contributed by atoms with Gasteiger partial charge in [-0.15, -0.1) is 0 Å². The maximum Gasteiger partial charge on any atom is 0.323 e. The Morgan fingerprint density at radius 3 is 2.40 bits per heavy atom. The Balaban J connectivity index is 3.82. The maximum atomic E-state index is 10.4. The van der Waals surface area contributed by atoms with Gasteiger partial charge in [0.1, 0.15) is 0 Å². The molecule has 0 aliphatic rings. The molecule has 0 saturated carbocycles. The molecule has 0 aromatic rings. The molecule has 10 heavy (non-hydrogen) atoms. The van der Waals surface area contributed by atoms with Gasteiger partial charge in [0.05, 0.1) is 12.7 Å². The minimum Gasteiger partial charge on any atom is -0.346 e. The van der Waals surface area contributed by atoms with Crippen LogP contribution in [-0.4, -0.2) is 27.2 Å². The molecule has 60 valence electrons. The van der Waals surface area contributed by atoms with Gasteiger partial charge in [-0.1, -0.05) is 0 Å². The van der Waals surface area contributed by atoms with Crippen LogP contribution in [0.5, 0.6) is 0 Å². The predicted molar refractivity (Wildman–Crippen MR) is 34.6 cm³/mol. The van der Waals surface area contributed by atoms with Crippen LogP contribution < -0.4 is 5.73 Å². The van der Waals surface area contributed by atoms with Gasteiger partial charge in [-0.3, -0.25) is 4.79 Å². The average molecular weight is 167 g/mol. The van der Waals surface area contributed by atoms with Crippen LogP contribution >= 0.6 is 0 Å². The van der Waals surface area contributed by atoms with E-state index in [2.05, 4.69) is 4.18 Å². The van der Waals surface area contributed by atoms with E-state index in [1.165, 1.54) is 0 Å². The zero-order valence-corrected chi connectivity index (χ0v) is 6.35. The molecule has 6 heteroatoms. The molecule has 0 spiro atoms. The first kappa shape index (κ1) is 9.38. The molecule has 0 fully saturated rings. The Bertz CT molecular complexity index is 207. The fraction of sp³-hybridized carbons (Fsp3) is 0.750. The van der Waals surface area contributed by atoms with Gasteiger partial charge in [0, 0.05) is 6.54 Å². The third kappa shape index (κ3) is 5.52. The number of hydrogen-bond donors (Lipinski definition) is 1. The maximum absolute atomic E-state index is 10.4. The van der Waals surface area contributed by atoms with Gasteiger partial charge in [0.15, 0.2) is 0 Å². The fourth-order valence-electron chi connectivity index (χ4n) is 0.328. The SMILES string of the molecule is CS(=O)(=O)OC(=O)CCN. The summed E-state index contributed by atoms with van der Waals surface area (Å²) in [6, 6.07) is 0. The normalized spacial score (nSPS) is 11.0. The first-order chi connectivity index (χ1) is 4.45. The summed E-state index contributed by atoms with van der Waals surface area (Å²) in [6.45, 7) is 0.0916. The third-order valence-corrected chi connectivity index (χ3v) is 1.08. The highest BCUT2D eigenvalue weighted by atomic mass is 32.2. The minimum atomic E-state index is -3.65. The second kappa shape index (κ2) is 3.52. The van der Waals surface area contributed by atoms with Gasteiger partial charge in [0.2, 0.25) is 0 Å². The topological polar surface area (TPSA) is 86.5 Å². The number of carbonyl (C=O) groups excluding carboxylic acids is 1. The van der Waals surface area contributed by atoms with Gasteiger partial charge in [-0.2, -0.15) is 8.42 Å². The number of rotatable bonds is 3. The van der Waals surface area contributed by atoms with E-state index < -0.39 is 16.1 Å². The molecular weight excluding hydrogens is 158 g/mol. The molecule has 0 bridgehead atoms. The lowest BCUT2D eigenvalue weighted by Crippen LogP contribution is -2.14. The van der Waals surface area contributed by atoms with Crippen LogP contribution in [0.25, 0.3) is 0 Å². The largest absolute Gasteiger partial charge is 0.346 e. The summed E-state index contributed by atoms with van der Waals surface area (Å²) in [5, 5.41) is 0. The monoisotopic (exact) mass is 167 g/mol. The molecule has 0 rings (SSSR count). The van der Waals surface area contributed by atoms with Crippen LogP contribution in [0, 0.1) is 0 Å². The van der Waals surface area contributed by atoms with Crippen molar-refractivity contribution in [2.45, 2.75) is 6.42 Å².